The van der Waals surface area contributed by atoms with Crippen molar-refractivity contribution in [3.05, 3.63) is 64.7 Å². The largest absolute Gasteiger partial charge is 0.394 e. The molecule has 5 nitrogen and oxygen atoms in total. The van der Waals surface area contributed by atoms with E-state index in [0.717, 1.165) is 12.0 Å². The van der Waals surface area contributed by atoms with E-state index >= 15 is 0 Å². The molecule has 2 aromatic rings. The predicted molar refractivity (Wildman–Crippen MR) is 93.9 cm³/mol. The van der Waals surface area contributed by atoms with Crippen LogP contribution >= 0.6 is 11.6 Å². The first-order chi connectivity index (χ1) is 11.5. The molecule has 1 atom stereocenters. The zero-order valence-corrected chi connectivity index (χ0v) is 14.0. The summed E-state index contributed by atoms with van der Waals surface area (Å²) in [5.41, 5.74) is 2.21. The van der Waals surface area contributed by atoms with Gasteiger partial charge in [0.1, 0.15) is 0 Å². The molecule has 0 aliphatic heterocycles. The van der Waals surface area contributed by atoms with Gasteiger partial charge in [0.25, 0.3) is 0 Å². The molecule has 3 N–H and O–H groups in total. The van der Waals surface area contributed by atoms with Crippen LogP contribution in [0.2, 0.25) is 5.02 Å². The molecule has 0 aliphatic rings. The number of nitrogens with one attached hydrogen (secondary N) is 2. The third-order valence-electron chi connectivity index (χ3n) is 3.61. The summed E-state index contributed by atoms with van der Waals surface area (Å²) < 4.78 is 0. The third kappa shape index (κ3) is 4.57. The lowest BCUT2D eigenvalue weighted by molar-refractivity contribution is -0.136. The van der Waals surface area contributed by atoms with Crippen molar-refractivity contribution in [2.24, 2.45) is 0 Å². The molecule has 2 aromatic carbocycles. The van der Waals surface area contributed by atoms with E-state index in [-0.39, 0.29) is 6.61 Å². The fourth-order valence-corrected chi connectivity index (χ4v) is 2.41. The van der Waals surface area contributed by atoms with Gasteiger partial charge in [0.15, 0.2) is 0 Å². The Morgan fingerprint density at radius 3 is 2.38 bits per heavy atom. The van der Waals surface area contributed by atoms with Crippen LogP contribution in [0.15, 0.2) is 48.5 Å². The van der Waals surface area contributed by atoms with Gasteiger partial charge in [0.2, 0.25) is 0 Å². The number of rotatable bonds is 5. The van der Waals surface area contributed by atoms with Gasteiger partial charge in [-0.05, 0) is 35.7 Å². The highest BCUT2D eigenvalue weighted by Gasteiger charge is 2.20. The molecular weight excluding hydrogens is 328 g/mol. The standard InChI is InChI=1S/C18H19ClN2O3/c1-2-12-5-3-4-6-15(12)20-17(23)18(24)21-16(11-22)13-7-9-14(19)10-8-13/h3-10,16,22H,2,11H2,1H3,(H,20,23)(H,21,24). The van der Waals surface area contributed by atoms with Crippen LogP contribution in [-0.4, -0.2) is 23.5 Å². The van der Waals surface area contributed by atoms with Crippen molar-refractivity contribution < 1.29 is 14.7 Å². The lowest BCUT2D eigenvalue weighted by Gasteiger charge is -2.17. The van der Waals surface area contributed by atoms with Crippen LogP contribution in [0, 0.1) is 0 Å². The summed E-state index contributed by atoms with van der Waals surface area (Å²) in [5.74, 6) is -1.58. The van der Waals surface area contributed by atoms with Crippen LogP contribution in [0.4, 0.5) is 5.69 Å². The van der Waals surface area contributed by atoms with Crippen LogP contribution < -0.4 is 10.6 Å². The van der Waals surface area contributed by atoms with Crippen molar-refractivity contribution in [3.63, 3.8) is 0 Å². The highest BCUT2D eigenvalue weighted by atomic mass is 35.5. The van der Waals surface area contributed by atoms with E-state index in [1.807, 2.05) is 19.1 Å². The SMILES string of the molecule is CCc1ccccc1NC(=O)C(=O)NC(CO)c1ccc(Cl)cc1. The summed E-state index contributed by atoms with van der Waals surface area (Å²) in [7, 11) is 0. The molecule has 1 unspecified atom stereocenters. The maximum absolute atomic E-state index is 12.1. The molecule has 2 rings (SSSR count). The molecule has 0 spiro atoms. The quantitative estimate of drug-likeness (QED) is 0.728. The summed E-state index contributed by atoms with van der Waals surface area (Å²) in [6.07, 6.45) is 0.738. The molecule has 126 valence electrons. The van der Waals surface area contributed by atoms with E-state index in [4.69, 9.17) is 11.6 Å². The number of carbonyl (C=O) groups is 2. The lowest BCUT2D eigenvalue weighted by Crippen LogP contribution is -2.39. The predicted octanol–water partition coefficient (Wildman–Crippen LogP) is 2.69. The molecule has 0 aliphatic carbocycles. The molecule has 2 amide bonds. The molecule has 0 heterocycles. The Kier molecular flexibility index (Phi) is 6.35. The fraction of sp³-hybridized carbons (Fsp3) is 0.222. The summed E-state index contributed by atoms with van der Waals surface area (Å²) in [4.78, 5) is 24.2. The first-order valence-electron chi connectivity index (χ1n) is 7.61. The van der Waals surface area contributed by atoms with Crippen LogP contribution in [0.5, 0.6) is 0 Å². The van der Waals surface area contributed by atoms with Gasteiger partial charge in [-0.15, -0.1) is 0 Å². The minimum absolute atomic E-state index is 0.327. The van der Waals surface area contributed by atoms with E-state index < -0.39 is 17.9 Å². The van der Waals surface area contributed by atoms with E-state index in [9.17, 15) is 14.7 Å². The number of amides is 2. The monoisotopic (exact) mass is 346 g/mol. The number of carbonyl (C=O) groups excluding carboxylic acids is 2. The van der Waals surface area contributed by atoms with E-state index in [1.165, 1.54) is 0 Å². The van der Waals surface area contributed by atoms with Crippen molar-refractivity contribution in [3.8, 4) is 0 Å². The third-order valence-corrected chi connectivity index (χ3v) is 3.86. The molecule has 0 radical (unpaired) electrons. The summed E-state index contributed by atoms with van der Waals surface area (Å²) in [5, 5.41) is 15.1. The second-order valence-electron chi connectivity index (χ2n) is 5.22. The van der Waals surface area contributed by atoms with Crippen molar-refractivity contribution >= 4 is 29.1 Å². The van der Waals surface area contributed by atoms with Gasteiger partial charge in [0, 0.05) is 10.7 Å². The maximum Gasteiger partial charge on any atom is 0.313 e. The van der Waals surface area contributed by atoms with Crippen molar-refractivity contribution in [1.82, 2.24) is 5.32 Å². The van der Waals surface area contributed by atoms with E-state index in [1.54, 1.807) is 36.4 Å². The Hall–Kier alpha value is -2.37. The van der Waals surface area contributed by atoms with Crippen molar-refractivity contribution in [2.45, 2.75) is 19.4 Å². The Morgan fingerprint density at radius 2 is 1.75 bits per heavy atom. The van der Waals surface area contributed by atoms with Crippen molar-refractivity contribution in [1.29, 1.82) is 0 Å². The Morgan fingerprint density at radius 1 is 1.08 bits per heavy atom. The molecule has 6 heteroatoms. The summed E-state index contributed by atoms with van der Waals surface area (Å²) in [6, 6.07) is 13.3. The molecule has 0 saturated carbocycles. The highest BCUT2D eigenvalue weighted by Crippen LogP contribution is 2.17. The molecule has 0 aromatic heterocycles. The number of hydrogen-bond acceptors (Lipinski definition) is 3. The van der Waals surface area contributed by atoms with Crippen LogP contribution in [0.3, 0.4) is 0 Å². The molecule has 0 saturated heterocycles. The first-order valence-corrected chi connectivity index (χ1v) is 7.99. The normalized spacial score (nSPS) is 11.6. The van der Waals surface area contributed by atoms with Gasteiger partial charge < -0.3 is 15.7 Å². The minimum atomic E-state index is -0.810. The summed E-state index contributed by atoms with van der Waals surface area (Å²) >= 11 is 5.82. The zero-order chi connectivity index (χ0) is 17.5. The molecule has 0 bridgehead atoms. The first kappa shape index (κ1) is 18.0. The second kappa shape index (κ2) is 8.47. The highest BCUT2D eigenvalue weighted by molar-refractivity contribution is 6.39. The van der Waals surface area contributed by atoms with Crippen LogP contribution in [0.25, 0.3) is 0 Å². The number of benzene rings is 2. The Labute approximate surface area is 145 Å². The number of halogens is 1. The van der Waals surface area contributed by atoms with Gasteiger partial charge in [0.05, 0.1) is 12.6 Å². The van der Waals surface area contributed by atoms with Crippen LogP contribution in [-0.2, 0) is 16.0 Å². The Bertz CT molecular complexity index is 716. The van der Waals surface area contributed by atoms with Gasteiger partial charge >= 0.3 is 11.8 Å². The van der Waals surface area contributed by atoms with E-state index in [2.05, 4.69) is 10.6 Å². The average molecular weight is 347 g/mol. The van der Waals surface area contributed by atoms with Gasteiger partial charge in [-0.3, -0.25) is 9.59 Å². The van der Waals surface area contributed by atoms with Gasteiger partial charge in [-0.25, -0.2) is 0 Å². The number of anilines is 1. The second-order valence-corrected chi connectivity index (χ2v) is 5.66. The van der Waals surface area contributed by atoms with Gasteiger partial charge in [-0.1, -0.05) is 48.9 Å². The van der Waals surface area contributed by atoms with Gasteiger partial charge in [-0.2, -0.15) is 0 Å². The number of hydrogen-bond donors (Lipinski definition) is 3. The maximum atomic E-state index is 12.1. The molecule has 24 heavy (non-hydrogen) atoms. The summed E-state index contributed by atoms with van der Waals surface area (Å²) in [6.45, 7) is 1.64. The average Bonchev–Trinajstić information content (AvgIpc) is 2.60. The lowest BCUT2D eigenvalue weighted by atomic mass is 10.1. The van der Waals surface area contributed by atoms with Crippen molar-refractivity contribution in [2.75, 3.05) is 11.9 Å². The molecule has 0 fully saturated rings. The van der Waals surface area contributed by atoms with E-state index in [0.29, 0.717) is 16.3 Å². The number of aliphatic hydroxyl groups is 1. The van der Waals surface area contributed by atoms with Crippen LogP contribution in [0.1, 0.15) is 24.1 Å². The zero-order valence-electron chi connectivity index (χ0n) is 13.3. The fourth-order valence-electron chi connectivity index (χ4n) is 2.28. The molecular formula is C18H19ClN2O3. The number of para-hydroxylation sites is 1. The number of aryl methyl sites for hydroxylation is 1. The topological polar surface area (TPSA) is 78.4 Å². The number of aliphatic hydroxyl groups excluding tert-OH is 1. The smallest absolute Gasteiger partial charge is 0.313 e. The minimum Gasteiger partial charge on any atom is -0.394 e. The Balaban J connectivity index is 2.04.